The number of hydrogen-bond acceptors (Lipinski definition) is 2. The zero-order chi connectivity index (χ0) is 12.7. The van der Waals surface area contributed by atoms with Crippen molar-refractivity contribution < 1.29 is 9.53 Å². The Bertz CT molecular complexity index is 361. The van der Waals surface area contributed by atoms with Gasteiger partial charge in [-0.15, -0.1) is 0 Å². The summed E-state index contributed by atoms with van der Waals surface area (Å²) in [5.74, 6) is 0.964. The van der Waals surface area contributed by atoms with Crippen LogP contribution in [0.4, 0.5) is 0 Å². The summed E-state index contributed by atoms with van der Waals surface area (Å²) < 4.78 is 5.57. The third-order valence-electron chi connectivity index (χ3n) is 2.32. The normalized spacial score (nSPS) is 10.6. The molecule has 0 aliphatic rings. The molecule has 1 aromatic rings. The Morgan fingerprint density at radius 3 is 2.76 bits per heavy atom. The number of hydrogen-bond donors (Lipinski definition) is 0. The van der Waals surface area contributed by atoms with Crippen molar-refractivity contribution in [1.82, 2.24) is 0 Å². The first-order valence-corrected chi connectivity index (χ1v) is 7.11. The van der Waals surface area contributed by atoms with Crippen LogP contribution in [-0.2, 0) is 0 Å². The standard InChI is InChI=1S/C14H19BrO2/c1-11(2)17-13-7-5-6-12(10-13)14(16)8-3-4-9-15/h5-7,10-11H,3-4,8-9H2,1-2H3. The number of ether oxygens (including phenoxy) is 1. The highest BCUT2D eigenvalue weighted by atomic mass is 79.9. The maximum absolute atomic E-state index is 11.9. The molecule has 0 spiro atoms. The number of Topliss-reactive ketones (excluding diaryl/α,β-unsaturated/α-hetero) is 1. The fourth-order valence-corrected chi connectivity index (χ4v) is 1.94. The van der Waals surface area contributed by atoms with Gasteiger partial charge in [-0.05, 0) is 38.8 Å². The van der Waals surface area contributed by atoms with Crippen LogP contribution in [0.5, 0.6) is 5.75 Å². The quantitative estimate of drug-likeness (QED) is 0.428. The highest BCUT2D eigenvalue weighted by Gasteiger charge is 2.07. The van der Waals surface area contributed by atoms with Crippen molar-refractivity contribution in [3.8, 4) is 5.75 Å². The number of benzene rings is 1. The Morgan fingerprint density at radius 1 is 1.35 bits per heavy atom. The molecule has 1 aromatic carbocycles. The first-order chi connectivity index (χ1) is 8.13. The van der Waals surface area contributed by atoms with E-state index in [2.05, 4.69) is 15.9 Å². The van der Waals surface area contributed by atoms with Gasteiger partial charge in [0.2, 0.25) is 0 Å². The van der Waals surface area contributed by atoms with Gasteiger partial charge in [0, 0.05) is 17.3 Å². The summed E-state index contributed by atoms with van der Waals surface area (Å²) in [5.41, 5.74) is 0.748. The number of carbonyl (C=O) groups is 1. The predicted molar refractivity (Wildman–Crippen MR) is 74.2 cm³/mol. The van der Waals surface area contributed by atoms with Crippen molar-refractivity contribution in [2.45, 2.75) is 39.2 Å². The zero-order valence-corrected chi connectivity index (χ0v) is 12.0. The number of rotatable bonds is 7. The van der Waals surface area contributed by atoms with Crippen LogP contribution in [-0.4, -0.2) is 17.2 Å². The van der Waals surface area contributed by atoms with Crippen LogP contribution in [0.15, 0.2) is 24.3 Å². The first kappa shape index (κ1) is 14.2. The van der Waals surface area contributed by atoms with Crippen molar-refractivity contribution in [2.24, 2.45) is 0 Å². The van der Waals surface area contributed by atoms with Crippen LogP contribution in [0, 0.1) is 0 Å². The molecule has 0 bridgehead atoms. The number of unbranched alkanes of at least 4 members (excludes halogenated alkanes) is 1. The lowest BCUT2D eigenvalue weighted by Gasteiger charge is -2.10. The van der Waals surface area contributed by atoms with Gasteiger partial charge in [0.05, 0.1) is 6.10 Å². The molecule has 3 heteroatoms. The third kappa shape index (κ3) is 5.35. The van der Waals surface area contributed by atoms with E-state index in [0.29, 0.717) is 6.42 Å². The molecule has 1 rings (SSSR count). The lowest BCUT2D eigenvalue weighted by molar-refractivity contribution is 0.0979. The molecule has 0 amide bonds. The molecule has 17 heavy (non-hydrogen) atoms. The Hall–Kier alpha value is -0.830. The van der Waals surface area contributed by atoms with Gasteiger partial charge < -0.3 is 4.74 Å². The van der Waals surface area contributed by atoms with E-state index in [-0.39, 0.29) is 11.9 Å². The molecule has 0 saturated carbocycles. The lowest BCUT2D eigenvalue weighted by Crippen LogP contribution is -2.06. The monoisotopic (exact) mass is 298 g/mol. The van der Waals surface area contributed by atoms with Crippen LogP contribution in [0.1, 0.15) is 43.5 Å². The molecule has 0 fully saturated rings. The average molecular weight is 299 g/mol. The molecule has 94 valence electrons. The Morgan fingerprint density at radius 2 is 2.12 bits per heavy atom. The van der Waals surface area contributed by atoms with Crippen molar-refractivity contribution in [3.63, 3.8) is 0 Å². The summed E-state index contributed by atoms with van der Waals surface area (Å²) >= 11 is 3.36. The second kappa shape index (κ2) is 7.49. The van der Waals surface area contributed by atoms with Crippen molar-refractivity contribution >= 4 is 21.7 Å². The Kier molecular flexibility index (Phi) is 6.27. The fraction of sp³-hybridized carbons (Fsp3) is 0.500. The molecule has 0 atom stereocenters. The van der Waals surface area contributed by atoms with E-state index in [0.717, 1.165) is 29.5 Å². The topological polar surface area (TPSA) is 26.3 Å². The maximum Gasteiger partial charge on any atom is 0.163 e. The second-order valence-corrected chi connectivity index (χ2v) is 5.06. The number of carbonyl (C=O) groups excluding carboxylic acids is 1. The number of ketones is 1. The van der Waals surface area contributed by atoms with Gasteiger partial charge in [-0.2, -0.15) is 0 Å². The molecule has 0 aliphatic heterocycles. The van der Waals surface area contributed by atoms with E-state index < -0.39 is 0 Å². The molecular formula is C14H19BrO2. The molecule has 0 saturated heterocycles. The molecule has 0 unspecified atom stereocenters. The molecule has 2 nitrogen and oxygen atoms in total. The van der Waals surface area contributed by atoms with E-state index >= 15 is 0 Å². The van der Waals surface area contributed by atoms with Gasteiger partial charge in [-0.25, -0.2) is 0 Å². The minimum atomic E-state index is 0.133. The van der Waals surface area contributed by atoms with Crippen LogP contribution in [0.2, 0.25) is 0 Å². The Labute approximate surface area is 111 Å². The fourth-order valence-electron chi connectivity index (χ4n) is 1.54. The third-order valence-corrected chi connectivity index (χ3v) is 2.88. The summed E-state index contributed by atoms with van der Waals surface area (Å²) in [6, 6.07) is 7.44. The maximum atomic E-state index is 11.9. The van der Waals surface area contributed by atoms with Crippen LogP contribution in [0.3, 0.4) is 0 Å². The summed E-state index contributed by atoms with van der Waals surface area (Å²) in [6.07, 6.45) is 2.71. The van der Waals surface area contributed by atoms with Gasteiger partial charge in [0.25, 0.3) is 0 Å². The van der Waals surface area contributed by atoms with E-state index in [1.165, 1.54) is 0 Å². The van der Waals surface area contributed by atoms with E-state index in [4.69, 9.17) is 4.74 Å². The molecule has 0 aromatic heterocycles. The van der Waals surface area contributed by atoms with Crippen molar-refractivity contribution in [1.29, 1.82) is 0 Å². The SMILES string of the molecule is CC(C)Oc1cccc(C(=O)CCCCBr)c1. The van der Waals surface area contributed by atoms with E-state index in [1.807, 2.05) is 38.1 Å². The summed E-state index contributed by atoms with van der Waals surface area (Å²) in [7, 11) is 0. The van der Waals surface area contributed by atoms with E-state index in [1.54, 1.807) is 0 Å². The second-order valence-electron chi connectivity index (χ2n) is 4.26. The van der Waals surface area contributed by atoms with Gasteiger partial charge in [-0.1, -0.05) is 28.1 Å². The first-order valence-electron chi connectivity index (χ1n) is 5.99. The summed E-state index contributed by atoms with van der Waals surface area (Å²) in [4.78, 5) is 11.9. The average Bonchev–Trinajstić information content (AvgIpc) is 2.28. The number of halogens is 1. The predicted octanol–water partition coefficient (Wildman–Crippen LogP) is 4.22. The molecule has 0 aliphatic carbocycles. The molecule has 0 radical (unpaired) electrons. The largest absolute Gasteiger partial charge is 0.491 e. The minimum absolute atomic E-state index is 0.133. The van der Waals surface area contributed by atoms with Crippen LogP contribution in [0.25, 0.3) is 0 Å². The van der Waals surface area contributed by atoms with Crippen LogP contribution < -0.4 is 4.74 Å². The van der Waals surface area contributed by atoms with E-state index in [9.17, 15) is 4.79 Å². The van der Waals surface area contributed by atoms with Crippen LogP contribution >= 0.6 is 15.9 Å². The molecule has 0 N–H and O–H groups in total. The van der Waals surface area contributed by atoms with Crippen molar-refractivity contribution in [2.75, 3.05) is 5.33 Å². The van der Waals surface area contributed by atoms with Crippen molar-refractivity contribution in [3.05, 3.63) is 29.8 Å². The van der Waals surface area contributed by atoms with Gasteiger partial charge in [0.1, 0.15) is 5.75 Å². The molecular weight excluding hydrogens is 280 g/mol. The van der Waals surface area contributed by atoms with Gasteiger partial charge in [0.15, 0.2) is 5.78 Å². The number of alkyl halides is 1. The Balaban J connectivity index is 2.60. The van der Waals surface area contributed by atoms with Gasteiger partial charge in [-0.3, -0.25) is 4.79 Å². The highest BCUT2D eigenvalue weighted by Crippen LogP contribution is 2.17. The lowest BCUT2D eigenvalue weighted by atomic mass is 10.1. The minimum Gasteiger partial charge on any atom is -0.491 e. The molecule has 0 heterocycles. The van der Waals surface area contributed by atoms with Gasteiger partial charge >= 0.3 is 0 Å². The smallest absolute Gasteiger partial charge is 0.163 e. The summed E-state index contributed by atoms with van der Waals surface area (Å²) in [6.45, 7) is 3.95. The summed E-state index contributed by atoms with van der Waals surface area (Å²) in [5, 5.41) is 0.955. The zero-order valence-electron chi connectivity index (χ0n) is 10.4. The highest BCUT2D eigenvalue weighted by molar-refractivity contribution is 9.09.